The van der Waals surface area contributed by atoms with Crippen molar-refractivity contribution in [1.29, 1.82) is 0 Å². The van der Waals surface area contributed by atoms with E-state index < -0.39 is 22.1 Å². The molecule has 0 spiro atoms. The van der Waals surface area contributed by atoms with Crippen LogP contribution in [0.4, 0.5) is 0 Å². The van der Waals surface area contributed by atoms with Crippen LogP contribution >= 0.6 is 11.6 Å². The number of nitrogens with zero attached hydrogens (tertiary/aromatic N) is 4. The Morgan fingerprint density at radius 2 is 1.89 bits per heavy atom. The normalized spacial score (nSPS) is 21.6. The third-order valence-electron chi connectivity index (χ3n) is 4.46. The summed E-state index contributed by atoms with van der Waals surface area (Å²) in [5.41, 5.74) is 2.03. The molecule has 1 N–H and O–H groups in total. The Hall–Kier alpha value is -2.71. The number of aromatic hydroxyl groups is 1. The fourth-order valence-corrected chi connectivity index (χ4v) is 4.78. The highest BCUT2D eigenvalue weighted by Crippen LogP contribution is 2.41. The van der Waals surface area contributed by atoms with Crippen molar-refractivity contribution < 1.29 is 13.5 Å². The van der Waals surface area contributed by atoms with Crippen LogP contribution in [0.25, 0.3) is 5.57 Å². The van der Waals surface area contributed by atoms with Gasteiger partial charge in [-0.1, -0.05) is 29.3 Å². The van der Waals surface area contributed by atoms with E-state index in [1.807, 2.05) is 6.92 Å². The molecule has 1 aromatic carbocycles. The molecule has 0 fully saturated rings. The van der Waals surface area contributed by atoms with Crippen molar-refractivity contribution in [3.05, 3.63) is 60.1 Å². The number of pyridine rings is 1. The molecule has 27 heavy (non-hydrogen) atoms. The fraction of sp³-hybridized carbons (Fsp3) is 0.167. The van der Waals surface area contributed by atoms with E-state index in [0.29, 0.717) is 11.3 Å². The second kappa shape index (κ2) is 6.47. The first-order chi connectivity index (χ1) is 12.9. The van der Waals surface area contributed by atoms with E-state index in [0.717, 1.165) is 5.56 Å². The Morgan fingerprint density at radius 1 is 1.15 bits per heavy atom. The lowest BCUT2D eigenvalue weighted by molar-refractivity contribution is 0.410. The molecule has 0 amide bonds. The number of aliphatic imine (C=N–C) groups is 2. The van der Waals surface area contributed by atoms with Crippen LogP contribution in [0.2, 0.25) is 0 Å². The Balaban J connectivity index is 1.82. The Kier molecular flexibility index (Phi) is 4.24. The SMILES string of the molecule is Cc1ccc(S(=O)(=O)N2C=C(c3ccc(O)cn3)C3C(Cl)=NC=NC32)cc1. The molecule has 2 atom stereocenters. The van der Waals surface area contributed by atoms with Crippen LogP contribution in [0.5, 0.6) is 5.75 Å². The first-order valence-corrected chi connectivity index (χ1v) is 9.92. The molecule has 7 nitrogen and oxygen atoms in total. The lowest BCUT2D eigenvalue weighted by Gasteiger charge is -2.27. The molecule has 0 saturated heterocycles. The summed E-state index contributed by atoms with van der Waals surface area (Å²) >= 11 is 6.30. The number of hydrogen-bond donors (Lipinski definition) is 1. The minimum atomic E-state index is -3.85. The second-order valence-corrected chi connectivity index (χ2v) is 8.47. The summed E-state index contributed by atoms with van der Waals surface area (Å²) in [7, 11) is -3.85. The highest BCUT2D eigenvalue weighted by atomic mass is 35.5. The summed E-state index contributed by atoms with van der Waals surface area (Å²) in [5, 5.41) is 9.71. The lowest BCUT2D eigenvalue weighted by atomic mass is 9.97. The van der Waals surface area contributed by atoms with Crippen LogP contribution in [0, 0.1) is 12.8 Å². The van der Waals surface area contributed by atoms with Gasteiger partial charge in [0, 0.05) is 11.8 Å². The van der Waals surface area contributed by atoms with Gasteiger partial charge in [0.05, 0.1) is 22.7 Å². The zero-order valence-electron chi connectivity index (χ0n) is 14.2. The molecule has 3 heterocycles. The Bertz CT molecular complexity index is 1080. The van der Waals surface area contributed by atoms with E-state index >= 15 is 0 Å². The van der Waals surface area contributed by atoms with Gasteiger partial charge in [0.15, 0.2) is 6.17 Å². The molecule has 1 aromatic heterocycles. The number of fused-ring (bicyclic) bond motifs is 1. The summed E-state index contributed by atoms with van der Waals surface area (Å²) in [6.45, 7) is 1.89. The first kappa shape index (κ1) is 17.7. The number of halogens is 1. The van der Waals surface area contributed by atoms with Crippen molar-refractivity contribution in [3.8, 4) is 5.75 Å². The number of aryl methyl sites for hydroxylation is 1. The highest BCUT2D eigenvalue weighted by molar-refractivity contribution is 7.89. The Morgan fingerprint density at radius 3 is 2.56 bits per heavy atom. The molecule has 0 saturated carbocycles. The predicted octanol–water partition coefficient (Wildman–Crippen LogP) is 2.76. The number of rotatable bonds is 3. The lowest BCUT2D eigenvalue weighted by Crippen LogP contribution is -2.38. The fourth-order valence-electron chi connectivity index (χ4n) is 3.07. The van der Waals surface area contributed by atoms with Gasteiger partial charge in [-0.25, -0.2) is 22.7 Å². The van der Waals surface area contributed by atoms with E-state index in [4.69, 9.17) is 11.6 Å². The number of aromatic nitrogens is 1. The molecule has 0 aliphatic carbocycles. The average molecular weight is 403 g/mol. The van der Waals surface area contributed by atoms with E-state index in [2.05, 4.69) is 15.0 Å². The zero-order valence-corrected chi connectivity index (χ0v) is 15.8. The van der Waals surface area contributed by atoms with E-state index in [9.17, 15) is 13.5 Å². The summed E-state index contributed by atoms with van der Waals surface area (Å²) in [6, 6.07) is 9.69. The van der Waals surface area contributed by atoms with Gasteiger partial charge in [0.25, 0.3) is 10.0 Å². The zero-order chi connectivity index (χ0) is 19.2. The minimum absolute atomic E-state index is 0.0134. The van der Waals surface area contributed by atoms with Gasteiger partial charge in [-0.3, -0.25) is 4.98 Å². The maximum Gasteiger partial charge on any atom is 0.265 e. The number of hydrogen-bond acceptors (Lipinski definition) is 6. The second-order valence-electron chi connectivity index (χ2n) is 6.24. The molecule has 9 heteroatoms. The molecular weight excluding hydrogens is 388 g/mol. The van der Waals surface area contributed by atoms with E-state index in [1.165, 1.54) is 29.1 Å². The molecule has 2 aliphatic rings. The van der Waals surface area contributed by atoms with Gasteiger partial charge >= 0.3 is 0 Å². The van der Waals surface area contributed by atoms with E-state index in [1.54, 1.807) is 30.3 Å². The van der Waals surface area contributed by atoms with Gasteiger partial charge in [-0.2, -0.15) is 0 Å². The monoisotopic (exact) mass is 402 g/mol. The van der Waals surface area contributed by atoms with Crippen LogP contribution in [-0.4, -0.2) is 40.5 Å². The predicted molar refractivity (Wildman–Crippen MR) is 103 cm³/mol. The van der Waals surface area contributed by atoms with Crippen molar-refractivity contribution >= 4 is 38.7 Å². The summed E-state index contributed by atoms with van der Waals surface area (Å²) in [5.74, 6) is -0.548. The van der Waals surface area contributed by atoms with Crippen LogP contribution in [-0.2, 0) is 10.0 Å². The van der Waals surface area contributed by atoms with Crippen molar-refractivity contribution in [1.82, 2.24) is 9.29 Å². The minimum Gasteiger partial charge on any atom is -0.506 e. The number of sulfonamides is 1. The maximum absolute atomic E-state index is 13.2. The van der Waals surface area contributed by atoms with Crippen molar-refractivity contribution in [2.45, 2.75) is 18.0 Å². The van der Waals surface area contributed by atoms with Gasteiger partial charge in [-0.15, -0.1) is 0 Å². The number of benzene rings is 1. The van der Waals surface area contributed by atoms with E-state index in [-0.39, 0.29) is 15.8 Å². The summed E-state index contributed by atoms with van der Waals surface area (Å²) in [4.78, 5) is 12.6. The summed E-state index contributed by atoms with van der Waals surface area (Å²) in [6.07, 6.45) is 3.28. The molecule has 2 aromatic rings. The molecule has 4 rings (SSSR count). The van der Waals surface area contributed by atoms with Crippen molar-refractivity contribution in [2.24, 2.45) is 15.9 Å². The molecule has 0 bridgehead atoms. The average Bonchev–Trinajstić information content (AvgIpc) is 3.04. The third-order valence-corrected chi connectivity index (χ3v) is 6.53. The maximum atomic E-state index is 13.2. The Labute approximate surface area is 161 Å². The first-order valence-electron chi connectivity index (χ1n) is 8.10. The smallest absolute Gasteiger partial charge is 0.265 e. The standard InChI is InChI=1S/C18H15ClN4O3S/c1-11-2-5-13(6-3-11)27(25,26)23-9-14(15-7-4-12(24)8-20-15)16-17(19)21-10-22-18(16)23/h2-10,16,18,24H,1H3. The van der Waals surface area contributed by atoms with Gasteiger partial charge in [0.2, 0.25) is 0 Å². The van der Waals surface area contributed by atoms with Crippen LogP contribution in [0.15, 0.2) is 63.7 Å². The van der Waals surface area contributed by atoms with Crippen molar-refractivity contribution in [3.63, 3.8) is 0 Å². The van der Waals surface area contributed by atoms with Crippen LogP contribution in [0.1, 0.15) is 11.3 Å². The molecule has 2 aliphatic heterocycles. The van der Waals surface area contributed by atoms with Crippen molar-refractivity contribution in [2.75, 3.05) is 0 Å². The highest BCUT2D eigenvalue weighted by Gasteiger charge is 2.45. The van der Waals surface area contributed by atoms with Gasteiger partial charge < -0.3 is 5.11 Å². The van der Waals surface area contributed by atoms with Gasteiger partial charge in [0.1, 0.15) is 17.3 Å². The largest absolute Gasteiger partial charge is 0.506 e. The molecule has 0 radical (unpaired) electrons. The quantitative estimate of drug-likeness (QED) is 0.853. The molecular formula is C18H15ClN4O3S. The topological polar surface area (TPSA) is 95.2 Å². The molecule has 2 unspecified atom stereocenters. The van der Waals surface area contributed by atoms with Gasteiger partial charge in [-0.05, 0) is 31.2 Å². The third kappa shape index (κ3) is 3.00. The van der Waals surface area contributed by atoms with Crippen LogP contribution in [0.3, 0.4) is 0 Å². The van der Waals surface area contributed by atoms with Crippen LogP contribution < -0.4 is 0 Å². The summed E-state index contributed by atoms with van der Waals surface area (Å²) < 4.78 is 27.6. The molecule has 138 valence electrons.